The highest BCUT2D eigenvalue weighted by atomic mass is 32.2. The Labute approximate surface area is 170 Å². The molecule has 0 aliphatic rings. The van der Waals surface area contributed by atoms with Gasteiger partial charge < -0.3 is 4.74 Å². The van der Waals surface area contributed by atoms with Crippen molar-refractivity contribution in [2.24, 2.45) is 5.92 Å². The molecule has 0 atom stereocenters. The van der Waals surface area contributed by atoms with Gasteiger partial charge in [0.25, 0.3) is 15.9 Å². The Morgan fingerprint density at radius 2 is 1.66 bits per heavy atom. The Balaban J connectivity index is 2.05. The van der Waals surface area contributed by atoms with Crippen LogP contribution in [0.5, 0.6) is 0 Å². The van der Waals surface area contributed by atoms with Crippen molar-refractivity contribution in [3.63, 3.8) is 0 Å². The second-order valence-electron chi connectivity index (χ2n) is 6.86. The highest BCUT2D eigenvalue weighted by Gasteiger charge is 2.19. The number of ether oxygens (including phenoxy) is 1. The Kier molecular flexibility index (Phi) is 7.60. The van der Waals surface area contributed by atoms with E-state index >= 15 is 0 Å². The van der Waals surface area contributed by atoms with Crippen molar-refractivity contribution in [3.8, 4) is 0 Å². The van der Waals surface area contributed by atoms with Crippen LogP contribution in [-0.2, 0) is 14.8 Å². The number of nitrogens with one attached hydrogen (secondary N) is 3. The van der Waals surface area contributed by atoms with Gasteiger partial charge in [-0.05, 0) is 43.5 Å². The number of hydrogen-bond acceptors (Lipinski definition) is 5. The molecule has 0 fully saturated rings. The highest BCUT2D eigenvalue weighted by molar-refractivity contribution is 7.92. The van der Waals surface area contributed by atoms with E-state index in [4.69, 9.17) is 4.74 Å². The molecule has 8 nitrogen and oxygen atoms in total. The van der Waals surface area contributed by atoms with Crippen LogP contribution in [0.15, 0.2) is 53.4 Å². The number of hydrazine groups is 1. The number of hydrogen-bond donors (Lipinski definition) is 3. The van der Waals surface area contributed by atoms with Crippen molar-refractivity contribution < 1.29 is 22.7 Å². The van der Waals surface area contributed by atoms with Crippen LogP contribution in [0, 0.1) is 12.8 Å². The predicted octanol–water partition coefficient (Wildman–Crippen LogP) is 3.21. The lowest BCUT2D eigenvalue weighted by Gasteiger charge is -2.13. The minimum absolute atomic E-state index is 0.0469. The number of carbonyl (C=O) groups excluding carboxylic acids is 2. The topological polar surface area (TPSA) is 114 Å². The number of aryl methyl sites for hydroxylation is 1. The van der Waals surface area contributed by atoms with E-state index in [-0.39, 0.29) is 22.8 Å². The molecule has 29 heavy (non-hydrogen) atoms. The van der Waals surface area contributed by atoms with Gasteiger partial charge in [0.05, 0.1) is 22.8 Å². The van der Waals surface area contributed by atoms with E-state index in [2.05, 4.69) is 15.6 Å². The first-order valence-electron chi connectivity index (χ1n) is 9.10. The minimum Gasteiger partial charge on any atom is -0.448 e. The molecule has 0 spiro atoms. The molecule has 2 rings (SSSR count). The number of amides is 2. The Morgan fingerprint density at radius 3 is 2.31 bits per heavy atom. The Bertz CT molecular complexity index is 956. The maximum atomic E-state index is 12.6. The summed E-state index contributed by atoms with van der Waals surface area (Å²) in [4.78, 5) is 24.1. The second-order valence-corrected chi connectivity index (χ2v) is 8.54. The van der Waals surface area contributed by atoms with Gasteiger partial charge in [0.2, 0.25) is 0 Å². The number of para-hydroxylation sites is 1. The predicted molar refractivity (Wildman–Crippen MR) is 110 cm³/mol. The lowest BCUT2D eigenvalue weighted by Crippen LogP contribution is -2.42. The molecule has 0 saturated carbocycles. The summed E-state index contributed by atoms with van der Waals surface area (Å²) >= 11 is 0. The number of rotatable bonds is 7. The molecule has 0 aliphatic carbocycles. The van der Waals surface area contributed by atoms with Crippen LogP contribution in [0.4, 0.5) is 10.5 Å². The van der Waals surface area contributed by atoms with E-state index in [1.54, 1.807) is 24.3 Å². The Hall–Kier alpha value is -3.07. The van der Waals surface area contributed by atoms with Crippen LogP contribution in [0.25, 0.3) is 0 Å². The van der Waals surface area contributed by atoms with Gasteiger partial charge in [-0.15, -0.1) is 0 Å². The first-order valence-corrected chi connectivity index (χ1v) is 10.6. The lowest BCUT2D eigenvalue weighted by molar-refractivity contribution is 0.0907. The van der Waals surface area contributed by atoms with Crippen molar-refractivity contribution in [3.05, 3.63) is 59.7 Å². The smallest absolute Gasteiger partial charge is 0.426 e. The van der Waals surface area contributed by atoms with Gasteiger partial charge in [0.1, 0.15) is 0 Å². The molecule has 0 aromatic heterocycles. The summed E-state index contributed by atoms with van der Waals surface area (Å²) in [6.07, 6.45) is -0.0953. The monoisotopic (exact) mass is 419 g/mol. The van der Waals surface area contributed by atoms with E-state index in [0.29, 0.717) is 12.3 Å². The van der Waals surface area contributed by atoms with Gasteiger partial charge in [-0.3, -0.25) is 14.9 Å². The highest BCUT2D eigenvalue weighted by Crippen LogP contribution is 2.20. The summed E-state index contributed by atoms with van der Waals surface area (Å²) in [5, 5.41) is 0. The first-order chi connectivity index (χ1) is 13.7. The molecule has 0 saturated heterocycles. The van der Waals surface area contributed by atoms with E-state index in [1.807, 2.05) is 20.8 Å². The van der Waals surface area contributed by atoms with Gasteiger partial charge in [0, 0.05) is 0 Å². The number of sulfonamides is 1. The number of carbonyl (C=O) groups is 2. The molecule has 0 radical (unpaired) electrons. The van der Waals surface area contributed by atoms with E-state index in [9.17, 15) is 18.0 Å². The van der Waals surface area contributed by atoms with Crippen molar-refractivity contribution in [2.75, 3.05) is 11.3 Å². The normalized spacial score (nSPS) is 11.0. The third-order valence-corrected chi connectivity index (χ3v) is 5.34. The van der Waals surface area contributed by atoms with Crippen LogP contribution in [0.2, 0.25) is 0 Å². The first kappa shape index (κ1) is 22.2. The van der Waals surface area contributed by atoms with Crippen molar-refractivity contribution in [2.45, 2.75) is 32.1 Å². The summed E-state index contributed by atoms with van der Waals surface area (Å²) in [6.45, 7) is 6.08. The summed E-state index contributed by atoms with van der Waals surface area (Å²) in [5.74, 6) is -0.307. The SMILES string of the molecule is Cc1ccc(S(=O)(=O)Nc2ccccc2C(=O)NNC(=O)OCCC(C)C)cc1. The fourth-order valence-electron chi connectivity index (χ4n) is 2.29. The van der Waals surface area contributed by atoms with Gasteiger partial charge >= 0.3 is 6.09 Å². The molecule has 2 amide bonds. The summed E-state index contributed by atoms with van der Waals surface area (Å²) in [7, 11) is -3.88. The molecule has 3 N–H and O–H groups in total. The Morgan fingerprint density at radius 1 is 1.00 bits per heavy atom. The molecule has 0 bridgehead atoms. The van der Waals surface area contributed by atoms with Gasteiger partial charge in [-0.1, -0.05) is 43.7 Å². The average molecular weight is 420 g/mol. The molecular formula is C20H25N3O5S. The molecule has 156 valence electrons. The van der Waals surface area contributed by atoms with Crippen molar-refractivity contribution >= 4 is 27.7 Å². The lowest BCUT2D eigenvalue weighted by atomic mass is 10.1. The second kappa shape index (κ2) is 9.92. The third kappa shape index (κ3) is 6.79. The van der Waals surface area contributed by atoms with Crippen molar-refractivity contribution in [1.29, 1.82) is 0 Å². The van der Waals surface area contributed by atoms with Crippen LogP contribution in [0.3, 0.4) is 0 Å². The van der Waals surface area contributed by atoms with Crippen LogP contribution in [0.1, 0.15) is 36.2 Å². The summed E-state index contributed by atoms with van der Waals surface area (Å²) in [5.41, 5.74) is 5.41. The fourth-order valence-corrected chi connectivity index (χ4v) is 3.37. The molecule has 0 aliphatic heterocycles. The fraction of sp³-hybridized carbons (Fsp3) is 0.300. The van der Waals surface area contributed by atoms with E-state index < -0.39 is 22.0 Å². The molecule has 2 aromatic rings. The molecule has 0 unspecified atom stereocenters. The van der Waals surface area contributed by atoms with E-state index in [1.165, 1.54) is 24.3 Å². The standard InChI is InChI=1S/C20H25N3O5S/c1-14(2)12-13-28-20(25)22-21-19(24)17-6-4-5-7-18(17)23-29(26,27)16-10-8-15(3)9-11-16/h4-11,14,23H,12-13H2,1-3H3,(H,21,24)(H,22,25). The zero-order chi connectivity index (χ0) is 21.4. The quantitative estimate of drug-likeness (QED) is 0.597. The third-order valence-electron chi connectivity index (χ3n) is 3.95. The van der Waals surface area contributed by atoms with Gasteiger partial charge in [-0.2, -0.15) is 0 Å². The zero-order valence-electron chi connectivity index (χ0n) is 16.6. The van der Waals surface area contributed by atoms with Gasteiger partial charge in [0.15, 0.2) is 0 Å². The maximum absolute atomic E-state index is 12.6. The minimum atomic E-state index is -3.88. The molecule has 2 aromatic carbocycles. The van der Waals surface area contributed by atoms with Gasteiger partial charge in [-0.25, -0.2) is 18.6 Å². The average Bonchev–Trinajstić information content (AvgIpc) is 2.66. The largest absolute Gasteiger partial charge is 0.448 e. The van der Waals surface area contributed by atoms with E-state index in [0.717, 1.165) is 5.56 Å². The number of benzene rings is 2. The molecule has 0 heterocycles. The van der Waals surface area contributed by atoms with Crippen LogP contribution >= 0.6 is 0 Å². The molecule has 9 heteroatoms. The van der Waals surface area contributed by atoms with Crippen LogP contribution < -0.4 is 15.6 Å². The van der Waals surface area contributed by atoms with Crippen molar-refractivity contribution in [1.82, 2.24) is 10.9 Å². The number of anilines is 1. The van der Waals surface area contributed by atoms with Crippen LogP contribution in [-0.4, -0.2) is 27.0 Å². The molecular weight excluding hydrogens is 394 g/mol. The summed E-state index contributed by atoms with van der Waals surface area (Å²) < 4.78 is 32.5. The zero-order valence-corrected chi connectivity index (χ0v) is 17.4. The maximum Gasteiger partial charge on any atom is 0.426 e. The summed E-state index contributed by atoms with van der Waals surface area (Å²) in [6, 6.07) is 12.4.